The van der Waals surface area contributed by atoms with Crippen LogP contribution in [0, 0.1) is 0 Å². The minimum atomic E-state index is -0.576. The summed E-state index contributed by atoms with van der Waals surface area (Å²) in [7, 11) is 1.28. The fourth-order valence-electron chi connectivity index (χ4n) is 1.40. The molecule has 2 rings (SSSR count). The molecule has 6 heteroatoms. The van der Waals surface area contributed by atoms with Crippen molar-refractivity contribution in [2.24, 2.45) is 0 Å². The Morgan fingerprint density at radius 1 is 1.41 bits per heavy atom. The molecule has 0 aliphatic carbocycles. The van der Waals surface area contributed by atoms with E-state index in [0.717, 1.165) is 10.2 Å². The fourth-order valence-corrected chi connectivity index (χ4v) is 1.52. The van der Waals surface area contributed by atoms with Crippen molar-refractivity contribution in [3.63, 3.8) is 0 Å². The number of ether oxygens (including phenoxy) is 1. The number of benzene rings is 1. The average Bonchev–Trinajstić information content (AvgIpc) is 2.71. The number of nitrogen functional groups attached to an aromatic ring is 1. The topological polar surface area (TPSA) is 70.1 Å². The zero-order valence-corrected chi connectivity index (χ0v) is 9.81. The smallest absolute Gasteiger partial charge is 0.376 e. The fraction of sp³-hybridized carbons (Fsp3) is 0.0909. The Morgan fingerprint density at radius 2 is 2.06 bits per heavy atom. The third-order valence-electron chi connectivity index (χ3n) is 2.24. The SMILES string of the molecule is COC(=O)c1nc(-c2ccc(Cl)cc2)cn1N. The molecule has 0 saturated carbocycles. The number of halogens is 1. The first-order valence-corrected chi connectivity index (χ1v) is 5.18. The molecule has 0 aliphatic heterocycles. The minimum absolute atomic E-state index is 0.0532. The Morgan fingerprint density at radius 3 is 2.65 bits per heavy atom. The van der Waals surface area contributed by atoms with Crippen LogP contribution in [0.3, 0.4) is 0 Å². The van der Waals surface area contributed by atoms with Gasteiger partial charge < -0.3 is 10.6 Å². The summed E-state index contributed by atoms with van der Waals surface area (Å²) in [6.45, 7) is 0. The van der Waals surface area contributed by atoms with Gasteiger partial charge in [0.1, 0.15) is 0 Å². The molecule has 0 bridgehead atoms. The standard InChI is InChI=1S/C11H10ClN3O2/c1-17-11(16)10-14-9(6-15(10)13)7-2-4-8(12)5-3-7/h2-6H,13H2,1H3. The Labute approximate surface area is 103 Å². The van der Waals surface area contributed by atoms with Gasteiger partial charge in [-0.15, -0.1) is 0 Å². The van der Waals surface area contributed by atoms with Crippen molar-refractivity contribution in [1.82, 2.24) is 9.66 Å². The van der Waals surface area contributed by atoms with E-state index in [-0.39, 0.29) is 5.82 Å². The molecule has 17 heavy (non-hydrogen) atoms. The van der Waals surface area contributed by atoms with Crippen LogP contribution in [0.4, 0.5) is 0 Å². The minimum Gasteiger partial charge on any atom is -0.463 e. The summed E-state index contributed by atoms with van der Waals surface area (Å²) in [6.07, 6.45) is 1.55. The van der Waals surface area contributed by atoms with Gasteiger partial charge in [0.25, 0.3) is 0 Å². The van der Waals surface area contributed by atoms with Gasteiger partial charge in [-0.3, -0.25) is 0 Å². The van der Waals surface area contributed by atoms with Crippen LogP contribution in [0.15, 0.2) is 30.5 Å². The summed E-state index contributed by atoms with van der Waals surface area (Å²) in [5.41, 5.74) is 1.41. The van der Waals surface area contributed by atoms with Gasteiger partial charge in [-0.2, -0.15) is 0 Å². The molecule has 2 N–H and O–H groups in total. The molecule has 5 nitrogen and oxygen atoms in total. The van der Waals surface area contributed by atoms with Gasteiger partial charge in [-0.05, 0) is 12.1 Å². The Kier molecular flexibility index (Phi) is 3.01. The van der Waals surface area contributed by atoms with Crippen molar-refractivity contribution in [2.45, 2.75) is 0 Å². The number of carbonyl (C=O) groups is 1. The number of hydrogen-bond donors (Lipinski definition) is 1. The molecule has 0 spiro atoms. The summed E-state index contributed by atoms with van der Waals surface area (Å²) < 4.78 is 5.70. The zero-order valence-electron chi connectivity index (χ0n) is 9.05. The van der Waals surface area contributed by atoms with Gasteiger partial charge in [0.2, 0.25) is 5.82 Å². The number of nitrogens with zero attached hydrogens (tertiary/aromatic N) is 2. The van der Waals surface area contributed by atoms with E-state index in [4.69, 9.17) is 17.4 Å². The first kappa shape index (κ1) is 11.5. The highest BCUT2D eigenvalue weighted by Crippen LogP contribution is 2.20. The first-order valence-electron chi connectivity index (χ1n) is 4.80. The predicted molar refractivity (Wildman–Crippen MR) is 64.2 cm³/mol. The molecule has 0 radical (unpaired) electrons. The lowest BCUT2D eigenvalue weighted by atomic mass is 10.2. The van der Waals surface area contributed by atoms with E-state index < -0.39 is 5.97 Å². The van der Waals surface area contributed by atoms with Gasteiger partial charge in [-0.1, -0.05) is 23.7 Å². The van der Waals surface area contributed by atoms with Crippen molar-refractivity contribution >= 4 is 17.6 Å². The molecular formula is C11H10ClN3O2. The summed E-state index contributed by atoms with van der Waals surface area (Å²) in [5, 5.41) is 0.633. The largest absolute Gasteiger partial charge is 0.463 e. The van der Waals surface area contributed by atoms with Crippen molar-refractivity contribution in [3.05, 3.63) is 41.3 Å². The number of carbonyl (C=O) groups excluding carboxylic acids is 1. The molecule has 0 fully saturated rings. The number of aromatic nitrogens is 2. The maximum absolute atomic E-state index is 11.3. The highest BCUT2D eigenvalue weighted by atomic mass is 35.5. The number of esters is 1. The highest BCUT2D eigenvalue weighted by Gasteiger charge is 2.15. The highest BCUT2D eigenvalue weighted by molar-refractivity contribution is 6.30. The quantitative estimate of drug-likeness (QED) is 0.652. The van der Waals surface area contributed by atoms with E-state index in [2.05, 4.69) is 9.72 Å². The van der Waals surface area contributed by atoms with E-state index in [9.17, 15) is 4.79 Å². The van der Waals surface area contributed by atoms with E-state index in [0.29, 0.717) is 10.7 Å². The lowest BCUT2D eigenvalue weighted by Crippen LogP contribution is -2.17. The second kappa shape index (κ2) is 4.47. The summed E-state index contributed by atoms with van der Waals surface area (Å²) >= 11 is 5.78. The molecule has 0 saturated heterocycles. The van der Waals surface area contributed by atoms with Crippen LogP contribution in [-0.2, 0) is 4.74 Å². The lowest BCUT2D eigenvalue weighted by Gasteiger charge is -1.96. The first-order chi connectivity index (χ1) is 8.11. The van der Waals surface area contributed by atoms with Crippen molar-refractivity contribution in [3.8, 4) is 11.3 Å². The zero-order chi connectivity index (χ0) is 12.4. The summed E-state index contributed by atoms with van der Waals surface area (Å²) in [5.74, 6) is 5.09. The monoisotopic (exact) mass is 251 g/mol. The molecule has 0 aliphatic rings. The molecular weight excluding hydrogens is 242 g/mol. The normalized spacial score (nSPS) is 10.2. The maximum atomic E-state index is 11.3. The van der Waals surface area contributed by atoms with E-state index in [1.54, 1.807) is 30.5 Å². The molecule has 2 aromatic rings. The Balaban J connectivity index is 2.41. The Hall–Kier alpha value is -2.01. The van der Waals surface area contributed by atoms with Crippen LogP contribution < -0.4 is 5.84 Å². The molecule has 0 unspecified atom stereocenters. The van der Waals surface area contributed by atoms with Crippen LogP contribution >= 0.6 is 11.6 Å². The van der Waals surface area contributed by atoms with Crippen LogP contribution in [-0.4, -0.2) is 22.7 Å². The number of nitrogens with two attached hydrogens (primary N) is 1. The van der Waals surface area contributed by atoms with Gasteiger partial charge in [0.15, 0.2) is 0 Å². The van der Waals surface area contributed by atoms with Gasteiger partial charge in [0.05, 0.1) is 19.0 Å². The van der Waals surface area contributed by atoms with E-state index in [1.165, 1.54) is 7.11 Å². The molecule has 1 aromatic carbocycles. The molecule has 1 heterocycles. The third kappa shape index (κ3) is 2.24. The number of rotatable bonds is 2. The average molecular weight is 252 g/mol. The van der Waals surface area contributed by atoms with Crippen molar-refractivity contribution in [1.29, 1.82) is 0 Å². The van der Waals surface area contributed by atoms with Gasteiger partial charge in [0, 0.05) is 10.6 Å². The van der Waals surface area contributed by atoms with Crippen LogP contribution in [0.1, 0.15) is 10.6 Å². The van der Waals surface area contributed by atoms with Gasteiger partial charge >= 0.3 is 5.97 Å². The number of imidazole rings is 1. The van der Waals surface area contributed by atoms with Crippen molar-refractivity contribution < 1.29 is 9.53 Å². The summed E-state index contributed by atoms with van der Waals surface area (Å²) in [4.78, 5) is 15.4. The van der Waals surface area contributed by atoms with Crippen LogP contribution in [0.25, 0.3) is 11.3 Å². The molecule has 0 amide bonds. The predicted octanol–water partition coefficient (Wildman–Crippen LogP) is 1.70. The molecule has 0 atom stereocenters. The van der Waals surface area contributed by atoms with Crippen LogP contribution in [0.2, 0.25) is 5.02 Å². The number of methoxy groups -OCH3 is 1. The molecule has 1 aromatic heterocycles. The molecule has 88 valence electrons. The van der Waals surface area contributed by atoms with Gasteiger partial charge in [-0.25, -0.2) is 14.5 Å². The second-order valence-electron chi connectivity index (χ2n) is 3.36. The third-order valence-corrected chi connectivity index (χ3v) is 2.49. The maximum Gasteiger partial charge on any atom is 0.376 e. The van der Waals surface area contributed by atoms with Crippen molar-refractivity contribution in [2.75, 3.05) is 13.0 Å². The second-order valence-corrected chi connectivity index (χ2v) is 3.79. The van der Waals surface area contributed by atoms with E-state index >= 15 is 0 Å². The van der Waals surface area contributed by atoms with Crippen LogP contribution in [0.5, 0.6) is 0 Å². The van der Waals surface area contributed by atoms with E-state index in [1.807, 2.05) is 0 Å². The summed E-state index contributed by atoms with van der Waals surface area (Å²) in [6, 6.07) is 7.08. The number of hydrogen-bond acceptors (Lipinski definition) is 4. The Bertz CT molecular complexity index is 548. The lowest BCUT2D eigenvalue weighted by molar-refractivity contribution is 0.0584.